The lowest BCUT2D eigenvalue weighted by Gasteiger charge is -2.27. The third-order valence-corrected chi connectivity index (χ3v) is 4.54. The maximum absolute atomic E-state index is 12.1. The van der Waals surface area contributed by atoms with E-state index < -0.39 is 12.0 Å². The normalized spacial score (nSPS) is 16.4. The second-order valence-electron chi connectivity index (χ2n) is 6.35. The fourth-order valence-corrected chi connectivity index (χ4v) is 3.01. The summed E-state index contributed by atoms with van der Waals surface area (Å²) in [5.74, 6) is 0.229. The summed E-state index contributed by atoms with van der Waals surface area (Å²) in [6.45, 7) is 4.20. The summed E-state index contributed by atoms with van der Waals surface area (Å²) in [4.78, 5) is 24.0. The number of hydrogen-bond donors (Lipinski definition) is 2. The van der Waals surface area contributed by atoms with Gasteiger partial charge in [-0.2, -0.15) is 0 Å². The molecule has 0 saturated carbocycles. The van der Waals surface area contributed by atoms with Crippen molar-refractivity contribution in [2.24, 2.45) is 0 Å². The third kappa shape index (κ3) is 4.11. The van der Waals surface area contributed by atoms with Gasteiger partial charge in [0.05, 0.1) is 18.7 Å². The van der Waals surface area contributed by atoms with Crippen molar-refractivity contribution in [3.05, 3.63) is 76.5 Å². The van der Waals surface area contributed by atoms with E-state index in [1.54, 1.807) is 6.92 Å². The van der Waals surface area contributed by atoms with E-state index >= 15 is 0 Å². The highest BCUT2D eigenvalue weighted by atomic mass is 16.5. The van der Waals surface area contributed by atoms with E-state index in [-0.39, 0.29) is 6.03 Å². The number of nitrogens with one attached hydrogen (secondary N) is 2. The van der Waals surface area contributed by atoms with Gasteiger partial charge in [-0.3, -0.25) is 0 Å². The van der Waals surface area contributed by atoms with Gasteiger partial charge in [0.2, 0.25) is 0 Å². The van der Waals surface area contributed by atoms with Gasteiger partial charge in [0.1, 0.15) is 12.4 Å². The number of amides is 2. The van der Waals surface area contributed by atoms with Crippen molar-refractivity contribution in [1.29, 1.82) is 0 Å². The number of aryl methyl sites for hydroxylation is 1. The standard InChI is InChI=1S/C21H22N2O4/c1-13-6-4-5-7-16(13)12-27-17-10-8-15(9-11-17)19-18(20(24)26-3)14(2)22-21(25)23-19/h4-11,19H,12H2,1-3H3,(H2,22,23,25). The number of urea groups is 1. The van der Waals surface area contributed by atoms with Crippen LogP contribution in [0.4, 0.5) is 4.79 Å². The second-order valence-corrected chi connectivity index (χ2v) is 6.35. The predicted octanol–water partition coefficient (Wildman–Crippen LogP) is 3.37. The number of hydrogen-bond acceptors (Lipinski definition) is 4. The van der Waals surface area contributed by atoms with Crippen molar-refractivity contribution < 1.29 is 19.1 Å². The number of benzene rings is 2. The highest BCUT2D eigenvalue weighted by Gasteiger charge is 2.31. The molecule has 2 amide bonds. The highest BCUT2D eigenvalue weighted by Crippen LogP contribution is 2.29. The Bertz CT molecular complexity index is 887. The van der Waals surface area contributed by atoms with Gasteiger partial charge in [-0.15, -0.1) is 0 Å². The van der Waals surface area contributed by atoms with Gasteiger partial charge in [-0.25, -0.2) is 9.59 Å². The SMILES string of the molecule is COC(=O)C1=C(C)NC(=O)NC1c1ccc(OCc2ccccc2C)cc1. The lowest BCUT2D eigenvalue weighted by Crippen LogP contribution is -2.45. The molecule has 0 fully saturated rings. The van der Waals surface area contributed by atoms with Crippen LogP contribution in [0.3, 0.4) is 0 Å². The van der Waals surface area contributed by atoms with Gasteiger partial charge in [0.25, 0.3) is 0 Å². The average Bonchev–Trinajstić information content (AvgIpc) is 2.66. The second kappa shape index (κ2) is 7.95. The maximum atomic E-state index is 12.1. The van der Waals surface area contributed by atoms with E-state index in [1.165, 1.54) is 12.7 Å². The molecule has 140 valence electrons. The van der Waals surface area contributed by atoms with E-state index in [0.29, 0.717) is 23.6 Å². The summed E-state index contributed by atoms with van der Waals surface area (Å²) in [6, 6.07) is 14.4. The number of methoxy groups -OCH3 is 1. The molecule has 2 aromatic carbocycles. The first-order chi connectivity index (χ1) is 13.0. The molecule has 0 bridgehead atoms. The van der Waals surface area contributed by atoms with Crippen LogP contribution in [0.25, 0.3) is 0 Å². The Hall–Kier alpha value is -3.28. The monoisotopic (exact) mass is 366 g/mol. The lowest BCUT2D eigenvalue weighted by atomic mass is 9.95. The molecule has 0 radical (unpaired) electrons. The van der Waals surface area contributed by atoms with Crippen LogP contribution in [-0.4, -0.2) is 19.1 Å². The first kappa shape index (κ1) is 18.5. The van der Waals surface area contributed by atoms with Crippen LogP contribution >= 0.6 is 0 Å². The molecule has 1 aliphatic heterocycles. The largest absolute Gasteiger partial charge is 0.489 e. The Morgan fingerprint density at radius 1 is 1.07 bits per heavy atom. The summed E-state index contributed by atoms with van der Waals surface area (Å²) < 4.78 is 10.7. The van der Waals surface area contributed by atoms with E-state index in [2.05, 4.69) is 10.6 Å². The number of rotatable bonds is 5. The Morgan fingerprint density at radius 3 is 2.44 bits per heavy atom. The van der Waals surface area contributed by atoms with Crippen molar-refractivity contribution in [2.45, 2.75) is 26.5 Å². The zero-order valence-electron chi connectivity index (χ0n) is 15.5. The Balaban J connectivity index is 1.77. The average molecular weight is 366 g/mol. The molecule has 0 aliphatic carbocycles. The summed E-state index contributed by atoms with van der Waals surface area (Å²) in [5, 5.41) is 5.37. The molecule has 1 atom stereocenters. The fourth-order valence-electron chi connectivity index (χ4n) is 3.01. The number of allylic oxidation sites excluding steroid dienone is 1. The predicted molar refractivity (Wildman–Crippen MR) is 101 cm³/mol. The van der Waals surface area contributed by atoms with Crippen LogP contribution < -0.4 is 15.4 Å². The van der Waals surface area contributed by atoms with Gasteiger partial charge in [0.15, 0.2) is 0 Å². The van der Waals surface area contributed by atoms with Crippen molar-refractivity contribution in [2.75, 3.05) is 7.11 Å². The Morgan fingerprint density at radius 2 is 1.78 bits per heavy atom. The fraction of sp³-hybridized carbons (Fsp3) is 0.238. The molecule has 27 heavy (non-hydrogen) atoms. The number of esters is 1. The zero-order valence-corrected chi connectivity index (χ0v) is 15.5. The molecule has 3 rings (SSSR count). The number of carbonyl (C=O) groups excluding carboxylic acids is 2. The van der Waals surface area contributed by atoms with Crippen molar-refractivity contribution in [1.82, 2.24) is 10.6 Å². The number of carbonyl (C=O) groups is 2. The minimum absolute atomic E-state index is 0.356. The lowest BCUT2D eigenvalue weighted by molar-refractivity contribution is -0.136. The molecule has 1 aliphatic rings. The Labute approximate surface area is 158 Å². The molecule has 6 heteroatoms. The molecular weight excluding hydrogens is 344 g/mol. The molecule has 1 unspecified atom stereocenters. The van der Waals surface area contributed by atoms with Crippen LogP contribution in [0.15, 0.2) is 59.8 Å². The van der Waals surface area contributed by atoms with Crippen LogP contribution in [0, 0.1) is 6.92 Å². The highest BCUT2D eigenvalue weighted by molar-refractivity contribution is 5.94. The maximum Gasteiger partial charge on any atom is 0.337 e. The first-order valence-corrected chi connectivity index (χ1v) is 8.63. The molecule has 0 aromatic heterocycles. The topological polar surface area (TPSA) is 76.7 Å². The summed E-state index contributed by atoms with van der Waals surface area (Å²) in [6.07, 6.45) is 0. The molecule has 0 saturated heterocycles. The molecule has 1 heterocycles. The summed E-state index contributed by atoms with van der Waals surface area (Å²) in [5.41, 5.74) is 3.93. The molecule has 6 nitrogen and oxygen atoms in total. The smallest absolute Gasteiger partial charge is 0.337 e. The van der Waals surface area contributed by atoms with E-state index in [9.17, 15) is 9.59 Å². The molecular formula is C21H22N2O4. The number of ether oxygens (including phenoxy) is 2. The Kier molecular flexibility index (Phi) is 5.45. The van der Waals surface area contributed by atoms with E-state index in [1.807, 2.05) is 55.5 Å². The van der Waals surface area contributed by atoms with E-state index in [4.69, 9.17) is 9.47 Å². The van der Waals surface area contributed by atoms with Crippen molar-refractivity contribution in [3.8, 4) is 5.75 Å². The van der Waals surface area contributed by atoms with E-state index in [0.717, 1.165) is 11.1 Å². The van der Waals surface area contributed by atoms with Crippen LogP contribution in [0.1, 0.15) is 29.7 Å². The van der Waals surface area contributed by atoms with Gasteiger partial charge in [-0.05, 0) is 42.7 Å². The minimum atomic E-state index is -0.573. The quantitative estimate of drug-likeness (QED) is 0.796. The molecule has 0 spiro atoms. The van der Waals surface area contributed by atoms with Gasteiger partial charge < -0.3 is 20.1 Å². The van der Waals surface area contributed by atoms with Crippen LogP contribution in [0.2, 0.25) is 0 Å². The van der Waals surface area contributed by atoms with Crippen molar-refractivity contribution >= 4 is 12.0 Å². The van der Waals surface area contributed by atoms with Gasteiger partial charge in [0, 0.05) is 5.70 Å². The molecule has 2 N–H and O–H groups in total. The van der Waals surface area contributed by atoms with Gasteiger partial charge >= 0.3 is 12.0 Å². The van der Waals surface area contributed by atoms with Crippen LogP contribution in [-0.2, 0) is 16.1 Å². The summed E-state index contributed by atoms with van der Waals surface area (Å²) in [7, 11) is 1.32. The summed E-state index contributed by atoms with van der Waals surface area (Å²) >= 11 is 0. The third-order valence-electron chi connectivity index (χ3n) is 4.54. The molecule has 2 aromatic rings. The van der Waals surface area contributed by atoms with Gasteiger partial charge in [-0.1, -0.05) is 36.4 Å². The van der Waals surface area contributed by atoms with Crippen LogP contribution in [0.5, 0.6) is 5.75 Å². The first-order valence-electron chi connectivity index (χ1n) is 8.63. The zero-order chi connectivity index (χ0) is 19.4. The van der Waals surface area contributed by atoms with Crippen molar-refractivity contribution in [3.63, 3.8) is 0 Å². The minimum Gasteiger partial charge on any atom is -0.489 e.